The van der Waals surface area contributed by atoms with E-state index in [2.05, 4.69) is 19.9 Å². The van der Waals surface area contributed by atoms with Gasteiger partial charge in [0.25, 0.3) is 0 Å². The molecule has 2 aromatic heterocycles. The summed E-state index contributed by atoms with van der Waals surface area (Å²) in [5.41, 5.74) is 0.704. The fourth-order valence-corrected chi connectivity index (χ4v) is 4.47. The quantitative estimate of drug-likeness (QED) is 0.469. The van der Waals surface area contributed by atoms with Gasteiger partial charge in [-0.25, -0.2) is 22.2 Å². The van der Waals surface area contributed by atoms with Gasteiger partial charge >= 0.3 is 0 Å². The van der Waals surface area contributed by atoms with Crippen LogP contribution in [0.25, 0.3) is 32.9 Å². The first kappa shape index (κ1) is 20.1. The first-order valence-electron chi connectivity index (χ1n) is 9.08. The predicted molar refractivity (Wildman–Crippen MR) is 109 cm³/mol. The lowest BCUT2D eigenvalue weighted by Gasteiger charge is -2.14. The number of benzene rings is 2. The van der Waals surface area contributed by atoms with E-state index in [0.717, 1.165) is 22.9 Å². The van der Waals surface area contributed by atoms with Crippen LogP contribution in [0.3, 0.4) is 0 Å². The van der Waals surface area contributed by atoms with E-state index in [9.17, 15) is 17.2 Å². The van der Waals surface area contributed by atoms with Gasteiger partial charge < -0.3 is 0 Å². The second-order valence-corrected chi connectivity index (χ2v) is 8.73. The van der Waals surface area contributed by atoms with Crippen molar-refractivity contribution >= 4 is 37.5 Å². The van der Waals surface area contributed by atoms with E-state index in [1.165, 1.54) is 0 Å². The molecule has 10 heteroatoms. The van der Waals surface area contributed by atoms with Crippen LogP contribution >= 0.6 is 0 Å². The Morgan fingerprint density at radius 2 is 1.93 bits per heavy atom. The second-order valence-electron chi connectivity index (χ2n) is 6.89. The van der Waals surface area contributed by atoms with Crippen LogP contribution in [0.15, 0.2) is 36.7 Å². The molecular weight excluding hydrogens is 417 g/mol. The van der Waals surface area contributed by atoms with E-state index >= 15 is 4.39 Å². The van der Waals surface area contributed by atoms with Crippen molar-refractivity contribution in [3.05, 3.63) is 53.9 Å². The van der Waals surface area contributed by atoms with E-state index < -0.39 is 39.8 Å². The molecule has 0 spiro atoms. The molecule has 6 nitrogen and oxygen atoms in total. The minimum Gasteiger partial charge on any atom is -0.281 e. The zero-order valence-corrected chi connectivity index (χ0v) is 16.7. The fourth-order valence-electron chi connectivity index (χ4n) is 3.38. The summed E-state index contributed by atoms with van der Waals surface area (Å²) in [6.07, 6.45) is 2.97. The van der Waals surface area contributed by atoms with Crippen molar-refractivity contribution in [1.82, 2.24) is 15.2 Å². The Hall–Kier alpha value is -3.14. The number of nitrogens with one attached hydrogen (secondary N) is 2. The van der Waals surface area contributed by atoms with E-state index in [1.807, 2.05) is 0 Å². The third-order valence-corrected chi connectivity index (χ3v) is 6.17. The van der Waals surface area contributed by atoms with E-state index in [-0.39, 0.29) is 17.5 Å². The Labute approximate surface area is 170 Å². The fraction of sp³-hybridized carbons (Fsp3) is 0.200. The Bertz CT molecular complexity index is 1370. The van der Waals surface area contributed by atoms with Gasteiger partial charge in [0, 0.05) is 17.0 Å². The molecule has 0 bridgehead atoms. The molecule has 0 aliphatic heterocycles. The Kier molecular flexibility index (Phi) is 5.10. The van der Waals surface area contributed by atoms with Crippen molar-refractivity contribution < 1.29 is 21.6 Å². The number of aromatic nitrogens is 3. The van der Waals surface area contributed by atoms with Crippen LogP contribution in [0.5, 0.6) is 0 Å². The maximum atomic E-state index is 15.2. The molecule has 0 amide bonds. The van der Waals surface area contributed by atoms with E-state index in [4.69, 9.17) is 0 Å². The lowest BCUT2D eigenvalue weighted by molar-refractivity contribution is 0.484. The SMILES string of the molecule is Cc1cc2c(cnc3[nH]ncc32)cc1-c1c(F)ccc(NS(=O)(=O)CCCF)c1F. The number of H-pyrrole nitrogens is 1. The maximum absolute atomic E-state index is 15.2. The highest BCUT2D eigenvalue weighted by molar-refractivity contribution is 7.92. The van der Waals surface area contributed by atoms with E-state index in [0.29, 0.717) is 16.6 Å². The number of anilines is 1. The first-order valence-corrected chi connectivity index (χ1v) is 10.7. The van der Waals surface area contributed by atoms with Crippen molar-refractivity contribution in [3.63, 3.8) is 0 Å². The number of pyridine rings is 1. The van der Waals surface area contributed by atoms with Crippen LogP contribution in [0.2, 0.25) is 0 Å². The summed E-state index contributed by atoms with van der Waals surface area (Å²) in [4.78, 5) is 4.25. The number of aromatic amines is 1. The smallest absolute Gasteiger partial charge is 0.232 e. The van der Waals surface area contributed by atoms with Crippen LogP contribution in [-0.2, 0) is 10.0 Å². The summed E-state index contributed by atoms with van der Waals surface area (Å²) in [5.74, 6) is -2.38. The number of aryl methyl sites for hydroxylation is 1. The van der Waals surface area contributed by atoms with Crippen molar-refractivity contribution in [1.29, 1.82) is 0 Å². The molecule has 2 heterocycles. The lowest BCUT2D eigenvalue weighted by Crippen LogP contribution is -2.18. The number of nitrogens with zero attached hydrogens (tertiary/aromatic N) is 2. The van der Waals surface area contributed by atoms with Gasteiger partial charge in [0.1, 0.15) is 5.82 Å². The largest absolute Gasteiger partial charge is 0.281 e. The van der Waals surface area contributed by atoms with Gasteiger partial charge in [-0.1, -0.05) is 0 Å². The molecule has 0 atom stereocenters. The molecule has 0 aliphatic carbocycles. The summed E-state index contributed by atoms with van der Waals surface area (Å²) in [6, 6.07) is 5.38. The number of sulfonamides is 1. The maximum Gasteiger partial charge on any atom is 0.232 e. The zero-order chi connectivity index (χ0) is 21.5. The summed E-state index contributed by atoms with van der Waals surface area (Å²) in [5, 5.41) is 8.97. The number of hydrogen-bond acceptors (Lipinski definition) is 4. The Morgan fingerprint density at radius 1 is 1.13 bits per heavy atom. The molecule has 2 N–H and O–H groups in total. The Balaban J connectivity index is 1.85. The minimum atomic E-state index is -3.97. The number of alkyl halides is 1. The molecular formula is C20H17F3N4O2S. The standard InChI is InChI=1S/C20H17F3N4O2S/c1-11-7-14-12(9-24-20-15(14)10-25-26-20)8-13(11)18-16(22)3-4-17(19(18)23)27-30(28,29)6-2-5-21/h3-4,7-10,27H,2,5-6H2,1H3,(H,24,25,26). The third kappa shape index (κ3) is 3.58. The van der Waals surface area contributed by atoms with Gasteiger partial charge in [0.15, 0.2) is 11.5 Å². The summed E-state index contributed by atoms with van der Waals surface area (Å²) in [7, 11) is -3.97. The molecule has 0 aliphatic rings. The third-order valence-electron chi connectivity index (χ3n) is 4.81. The molecule has 0 saturated heterocycles. The van der Waals surface area contributed by atoms with Gasteiger partial charge in [-0.2, -0.15) is 5.10 Å². The minimum absolute atomic E-state index is 0.218. The highest BCUT2D eigenvalue weighted by Crippen LogP contribution is 2.36. The molecule has 0 radical (unpaired) electrons. The van der Waals surface area contributed by atoms with Gasteiger partial charge in [0.05, 0.1) is 29.9 Å². The van der Waals surface area contributed by atoms with Gasteiger partial charge in [0.2, 0.25) is 10.0 Å². The number of rotatable bonds is 6. The van der Waals surface area contributed by atoms with Gasteiger partial charge in [-0.15, -0.1) is 0 Å². The van der Waals surface area contributed by atoms with Crippen LogP contribution in [0.1, 0.15) is 12.0 Å². The molecule has 156 valence electrons. The summed E-state index contributed by atoms with van der Waals surface area (Å²) >= 11 is 0. The Morgan fingerprint density at radius 3 is 2.70 bits per heavy atom. The second kappa shape index (κ2) is 7.60. The predicted octanol–water partition coefficient (Wildman–Crippen LogP) is 4.47. The number of hydrogen-bond donors (Lipinski definition) is 2. The molecule has 0 unspecified atom stereocenters. The molecule has 4 rings (SSSR count). The molecule has 30 heavy (non-hydrogen) atoms. The monoisotopic (exact) mass is 434 g/mol. The number of fused-ring (bicyclic) bond motifs is 3. The average molecular weight is 434 g/mol. The molecule has 0 fully saturated rings. The van der Waals surface area contributed by atoms with Crippen LogP contribution in [0.4, 0.5) is 18.9 Å². The van der Waals surface area contributed by atoms with Gasteiger partial charge in [-0.3, -0.25) is 14.2 Å². The molecule has 4 aromatic rings. The van der Waals surface area contributed by atoms with Crippen molar-refractivity contribution in [3.8, 4) is 11.1 Å². The topological polar surface area (TPSA) is 87.7 Å². The normalized spacial score (nSPS) is 12.0. The van der Waals surface area contributed by atoms with Crippen molar-refractivity contribution in [2.45, 2.75) is 13.3 Å². The summed E-state index contributed by atoms with van der Waals surface area (Å²) < 4.78 is 68.3. The molecule has 2 aromatic carbocycles. The van der Waals surface area contributed by atoms with Crippen molar-refractivity contribution in [2.75, 3.05) is 17.1 Å². The lowest BCUT2D eigenvalue weighted by atomic mass is 9.95. The first-order chi connectivity index (χ1) is 14.3. The zero-order valence-electron chi connectivity index (χ0n) is 15.8. The average Bonchev–Trinajstić information content (AvgIpc) is 3.18. The van der Waals surface area contributed by atoms with Gasteiger partial charge in [-0.05, 0) is 54.1 Å². The summed E-state index contributed by atoms with van der Waals surface area (Å²) in [6.45, 7) is 0.893. The molecule has 0 saturated carbocycles. The van der Waals surface area contributed by atoms with Crippen molar-refractivity contribution in [2.24, 2.45) is 0 Å². The van der Waals surface area contributed by atoms with Crippen LogP contribution in [0, 0.1) is 18.6 Å². The highest BCUT2D eigenvalue weighted by Gasteiger charge is 2.21. The number of halogens is 3. The van der Waals surface area contributed by atoms with Crippen LogP contribution < -0.4 is 4.72 Å². The van der Waals surface area contributed by atoms with Crippen LogP contribution in [-0.4, -0.2) is 36.0 Å². The van der Waals surface area contributed by atoms with E-state index in [1.54, 1.807) is 31.5 Å². The highest BCUT2D eigenvalue weighted by atomic mass is 32.2.